The number of halogens is 3. The number of ketones is 3. The monoisotopic (exact) mass is 496 g/mol. The SMILES string of the molecule is ClCCl.O=C(OO)c1cccc(Cl)c1.O=C1CCC(=O)CC1.O=C1CCOC(=O)CC1. The molecule has 0 spiro atoms. The Balaban J connectivity index is 0.000000414. The summed E-state index contributed by atoms with van der Waals surface area (Å²) >= 11 is 15.1. The number of carbonyl (C=O) groups is 5. The Bertz CT molecular complexity index is 708. The van der Waals surface area contributed by atoms with Crippen molar-refractivity contribution >= 4 is 64.1 Å². The molecule has 8 nitrogen and oxygen atoms in total. The second kappa shape index (κ2) is 17.7. The Morgan fingerprint density at radius 1 is 0.903 bits per heavy atom. The Hall–Kier alpha value is -2.00. The fourth-order valence-corrected chi connectivity index (χ4v) is 2.38. The third kappa shape index (κ3) is 15.5. The molecule has 1 aromatic rings. The number of ether oxygens (including phenoxy) is 1. The van der Waals surface area contributed by atoms with Crippen LogP contribution in [-0.2, 0) is 28.8 Å². The van der Waals surface area contributed by atoms with E-state index in [1.807, 2.05) is 0 Å². The van der Waals surface area contributed by atoms with Crippen molar-refractivity contribution in [2.75, 3.05) is 11.9 Å². The number of esters is 1. The number of rotatable bonds is 1. The van der Waals surface area contributed by atoms with Gasteiger partial charge in [-0.1, -0.05) is 17.7 Å². The van der Waals surface area contributed by atoms with Crippen molar-refractivity contribution in [3.63, 3.8) is 0 Å². The Labute approximate surface area is 194 Å². The summed E-state index contributed by atoms with van der Waals surface area (Å²) in [6.07, 6.45) is 2.96. The van der Waals surface area contributed by atoms with Crippen LogP contribution in [0.1, 0.15) is 55.3 Å². The topological polar surface area (TPSA) is 124 Å². The Kier molecular flexibility index (Phi) is 16.5. The summed E-state index contributed by atoms with van der Waals surface area (Å²) < 4.78 is 4.61. The van der Waals surface area contributed by atoms with Crippen molar-refractivity contribution in [1.29, 1.82) is 0 Å². The van der Waals surface area contributed by atoms with Gasteiger partial charge >= 0.3 is 11.9 Å². The van der Waals surface area contributed by atoms with Crippen LogP contribution in [0.15, 0.2) is 24.3 Å². The molecule has 2 fully saturated rings. The van der Waals surface area contributed by atoms with Crippen LogP contribution in [0.3, 0.4) is 0 Å². The van der Waals surface area contributed by atoms with Crippen LogP contribution in [0.5, 0.6) is 0 Å². The van der Waals surface area contributed by atoms with E-state index in [0.717, 1.165) is 0 Å². The van der Waals surface area contributed by atoms with Gasteiger partial charge in [-0.05, 0) is 18.2 Å². The highest BCUT2D eigenvalue weighted by atomic mass is 35.5. The summed E-state index contributed by atoms with van der Waals surface area (Å²) in [6, 6.07) is 6.11. The summed E-state index contributed by atoms with van der Waals surface area (Å²) in [4.78, 5) is 56.1. The predicted molar refractivity (Wildman–Crippen MR) is 114 cm³/mol. The lowest BCUT2D eigenvalue weighted by molar-refractivity contribution is -0.182. The fourth-order valence-electron chi connectivity index (χ4n) is 2.19. The molecule has 0 bridgehead atoms. The first-order valence-electron chi connectivity index (χ1n) is 9.17. The van der Waals surface area contributed by atoms with Gasteiger partial charge in [-0.3, -0.25) is 24.1 Å². The molecule has 1 aliphatic carbocycles. The van der Waals surface area contributed by atoms with E-state index in [2.05, 4.69) is 9.62 Å². The second-order valence-electron chi connectivity index (χ2n) is 6.08. The van der Waals surface area contributed by atoms with Gasteiger partial charge in [0.05, 0.1) is 23.9 Å². The van der Waals surface area contributed by atoms with E-state index >= 15 is 0 Å². The molecule has 0 aromatic heterocycles. The van der Waals surface area contributed by atoms with Gasteiger partial charge in [0.15, 0.2) is 0 Å². The van der Waals surface area contributed by atoms with Gasteiger partial charge in [-0.15, -0.1) is 23.2 Å². The van der Waals surface area contributed by atoms with Crippen LogP contribution < -0.4 is 0 Å². The maximum atomic E-state index is 10.6. The van der Waals surface area contributed by atoms with E-state index < -0.39 is 5.97 Å². The summed E-state index contributed by atoms with van der Waals surface area (Å²) in [5.41, 5.74) is 0.222. The minimum absolute atomic E-state index is 0.126. The first kappa shape index (κ1) is 29.0. The number of carbonyl (C=O) groups excluding carboxylic acids is 5. The van der Waals surface area contributed by atoms with Crippen LogP contribution in [0.4, 0.5) is 0 Å². The molecular weight excluding hydrogens is 475 g/mol. The van der Waals surface area contributed by atoms with E-state index in [9.17, 15) is 24.0 Å². The summed E-state index contributed by atoms with van der Waals surface area (Å²) in [7, 11) is 0. The number of hydrogen-bond acceptors (Lipinski definition) is 8. The highest BCUT2D eigenvalue weighted by Gasteiger charge is 2.14. The zero-order chi connectivity index (χ0) is 23.6. The van der Waals surface area contributed by atoms with Gasteiger partial charge < -0.3 is 4.74 Å². The molecule has 0 radical (unpaired) electrons. The maximum Gasteiger partial charge on any atom is 0.372 e. The normalized spacial score (nSPS) is 15.5. The van der Waals surface area contributed by atoms with Crippen molar-refractivity contribution in [3.8, 4) is 0 Å². The lowest BCUT2D eigenvalue weighted by atomic mass is 9.98. The number of benzene rings is 1. The van der Waals surface area contributed by atoms with Crippen molar-refractivity contribution in [2.45, 2.75) is 44.9 Å². The smallest absolute Gasteiger partial charge is 0.372 e. The first-order chi connectivity index (χ1) is 14.7. The molecule has 1 heterocycles. The molecule has 1 saturated heterocycles. The largest absolute Gasteiger partial charge is 0.465 e. The summed E-state index contributed by atoms with van der Waals surface area (Å²) in [5, 5.41) is 8.60. The maximum absolute atomic E-state index is 10.6. The molecule has 0 amide bonds. The molecule has 172 valence electrons. The zero-order valence-electron chi connectivity index (χ0n) is 16.6. The van der Waals surface area contributed by atoms with Crippen LogP contribution in [0, 0.1) is 0 Å². The fraction of sp³-hybridized carbons (Fsp3) is 0.450. The van der Waals surface area contributed by atoms with E-state index in [4.69, 9.17) is 40.1 Å². The second-order valence-corrected chi connectivity index (χ2v) is 7.32. The van der Waals surface area contributed by atoms with E-state index in [1.165, 1.54) is 12.1 Å². The van der Waals surface area contributed by atoms with E-state index in [0.29, 0.717) is 43.5 Å². The molecule has 1 saturated carbocycles. The third-order valence-corrected chi connectivity index (χ3v) is 4.00. The van der Waals surface area contributed by atoms with Crippen LogP contribution in [-0.4, -0.2) is 46.5 Å². The Morgan fingerprint density at radius 3 is 1.87 bits per heavy atom. The molecule has 0 atom stereocenters. The molecule has 31 heavy (non-hydrogen) atoms. The summed E-state index contributed by atoms with van der Waals surface area (Å²) in [6.45, 7) is 0.275. The highest BCUT2D eigenvalue weighted by molar-refractivity contribution is 6.40. The molecule has 1 N–H and O–H groups in total. The van der Waals surface area contributed by atoms with Crippen molar-refractivity contribution in [1.82, 2.24) is 0 Å². The average Bonchev–Trinajstić information content (AvgIpc) is 2.94. The predicted octanol–water partition coefficient (Wildman–Crippen LogP) is 4.37. The first-order valence-corrected chi connectivity index (χ1v) is 10.6. The molecule has 1 aliphatic heterocycles. The van der Waals surface area contributed by atoms with Gasteiger partial charge in [-0.2, -0.15) is 5.26 Å². The standard InChI is InChI=1S/C7H5ClO3.C6H8O3.C6H8O2.CH2Cl2/c8-6-3-1-2-5(4-6)7(9)11-10;7-5-1-2-6(8)9-4-3-5;7-5-1-2-6(8)4-3-5;2-1-3/h1-4,10H;1-4H2;1-4H2;1H2. The Morgan fingerprint density at radius 2 is 1.39 bits per heavy atom. The molecule has 1 aromatic carbocycles. The van der Waals surface area contributed by atoms with Crippen LogP contribution in [0.25, 0.3) is 0 Å². The van der Waals surface area contributed by atoms with Gasteiger partial charge in [0.1, 0.15) is 17.3 Å². The minimum atomic E-state index is -0.813. The van der Waals surface area contributed by atoms with Gasteiger partial charge in [-0.25, -0.2) is 4.79 Å². The number of alkyl halides is 2. The number of hydrogen-bond donors (Lipinski definition) is 1. The van der Waals surface area contributed by atoms with E-state index in [1.54, 1.807) is 12.1 Å². The molecule has 2 aliphatic rings. The van der Waals surface area contributed by atoms with Gasteiger partial charge in [0, 0.05) is 43.5 Å². The minimum Gasteiger partial charge on any atom is -0.465 e. The lowest BCUT2D eigenvalue weighted by Crippen LogP contribution is -2.12. The van der Waals surface area contributed by atoms with Gasteiger partial charge in [0.2, 0.25) is 0 Å². The van der Waals surface area contributed by atoms with Crippen LogP contribution in [0.2, 0.25) is 5.02 Å². The van der Waals surface area contributed by atoms with Gasteiger partial charge in [0.25, 0.3) is 0 Å². The van der Waals surface area contributed by atoms with Crippen molar-refractivity contribution in [2.24, 2.45) is 0 Å². The third-order valence-electron chi connectivity index (χ3n) is 3.76. The van der Waals surface area contributed by atoms with Crippen LogP contribution >= 0.6 is 34.8 Å². The quantitative estimate of drug-likeness (QED) is 0.262. The molecule has 11 heteroatoms. The highest BCUT2D eigenvalue weighted by Crippen LogP contribution is 2.11. The summed E-state index contributed by atoms with van der Waals surface area (Å²) in [5.74, 6) is -0.455. The van der Waals surface area contributed by atoms with Crippen molar-refractivity contribution < 1.29 is 38.9 Å². The molecule has 0 unspecified atom stereocenters. The van der Waals surface area contributed by atoms with E-state index in [-0.39, 0.29) is 47.2 Å². The average molecular weight is 498 g/mol. The molecular formula is C20H23Cl3O8. The van der Waals surface area contributed by atoms with Crippen molar-refractivity contribution in [3.05, 3.63) is 34.9 Å². The zero-order valence-corrected chi connectivity index (χ0v) is 18.9. The number of Topliss-reactive ketones (excluding diaryl/α,β-unsaturated/α-hetero) is 3. The lowest BCUT2D eigenvalue weighted by Gasteiger charge is -2.04. The number of cyclic esters (lactones) is 1. The molecule has 3 rings (SSSR count).